The van der Waals surface area contributed by atoms with Gasteiger partial charge in [-0.2, -0.15) is 0 Å². The van der Waals surface area contributed by atoms with Gasteiger partial charge in [0.15, 0.2) is 0 Å². The van der Waals surface area contributed by atoms with E-state index in [-0.39, 0.29) is 16.7 Å². The summed E-state index contributed by atoms with van der Waals surface area (Å²) in [5, 5.41) is 0. The molecule has 0 radical (unpaired) electrons. The fourth-order valence-electron chi connectivity index (χ4n) is 0.586. The molecule has 0 aromatic carbocycles. The summed E-state index contributed by atoms with van der Waals surface area (Å²) in [6, 6.07) is 0. The molecule has 1 rings (SSSR count). The van der Waals surface area contributed by atoms with Crippen LogP contribution in [0.5, 0.6) is 0 Å². The van der Waals surface area contributed by atoms with Crippen LogP contribution in [0.15, 0.2) is 0 Å². The third-order valence-corrected chi connectivity index (χ3v) is 3.12. The normalized spacial score (nSPS) is 26.6. The third-order valence-electron chi connectivity index (χ3n) is 1.20. The molecule has 5 heteroatoms. The lowest BCUT2D eigenvalue weighted by atomic mass is 9.97. The fourth-order valence-corrected chi connectivity index (χ4v) is 2.30. The minimum Gasteiger partial charge on any atom is -0.324 e. The molecule has 1 heterocycles. The lowest BCUT2D eigenvalue weighted by Gasteiger charge is -2.30. The van der Waals surface area contributed by atoms with Crippen molar-refractivity contribution in [1.82, 2.24) is 0 Å². The molecule has 0 unspecified atom stereocenters. The lowest BCUT2D eigenvalue weighted by molar-refractivity contribution is 0.0684. The molecule has 1 aliphatic rings. The van der Waals surface area contributed by atoms with Gasteiger partial charge in [-0.05, 0) is 0 Å². The molecular formula is C5H11O3PS. The molecule has 10 heavy (non-hydrogen) atoms. The lowest BCUT2D eigenvalue weighted by Crippen LogP contribution is -2.27. The van der Waals surface area contributed by atoms with Gasteiger partial charge < -0.3 is 9.05 Å². The first-order valence-corrected chi connectivity index (χ1v) is 5.73. The van der Waals surface area contributed by atoms with Crippen molar-refractivity contribution in [2.24, 2.45) is 5.41 Å². The van der Waals surface area contributed by atoms with Gasteiger partial charge in [-0.25, -0.2) is 0 Å². The minimum absolute atomic E-state index is 0.0149. The average molecular weight is 182 g/mol. The molecular weight excluding hydrogens is 171 g/mol. The fraction of sp³-hybridized carbons (Fsp3) is 1.00. The first-order chi connectivity index (χ1) is 4.64. The Bertz CT molecular complexity index is 129. The highest BCUT2D eigenvalue weighted by molar-refractivity contribution is 8.32. The van der Waals surface area contributed by atoms with Gasteiger partial charge in [-0.15, -0.1) is 0 Å². The Kier molecular flexibility index (Phi) is 2.81. The van der Waals surface area contributed by atoms with Gasteiger partial charge in [-0.1, -0.05) is 13.8 Å². The molecule has 1 fully saturated rings. The molecule has 0 N–H and O–H groups in total. The van der Waals surface area contributed by atoms with Crippen molar-refractivity contribution in [2.75, 3.05) is 13.2 Å². The highest BCUT2D eigenvalue weighted by atomic mass is 32.7. The zero-order chi connectivity index (χ0) is 7.61. The molecule has 0 bridgehead atoms. The molecule has 60 valence electrons. The van der Waals surface area contributed by atoms with Gasteiger partial charge in [0.05, 0.1) is 24.5 Å². The van der Waals surface area contributed by atoms with Crippen LogP contribution >= 0.6 is 7.58 Å². The molecule has 3 nitrogen and oxygen atoms in total. The Morgan fingerprint density at radius 3 is 2.30 bits per heavy atom. The second kappa shape index (κ2) is 3.26. The van der Waals surface area contributed by atoms with Gasteiger partial charge in [0.25, 0.3) is 7.58 Å². The van der Waals surface area contributed by atoms with E-state index in [4.69, 9.17) is 9.05 Å². The van der Waals surface area contributed by atoms with E-state index in [1.54, 1.807) is 0 Å². The largest absolute Gasteiger partial charge is 0.324 e. The first-order valence-electron chi connectivity index (χ1n) is 3.03. The van der Waals surface area contributed by atoms with Crippen LogP contribution < -0.4 is 0 Å². The number of hydrogen-bond donors (Lipinski definition) is 1. The molecule has 0 atom stereocenters. The van der Waals surface area contributed by atoms with Crippen molar-refractivity contribution in [3.05, 3.63) is 0 Å². The molecule has 0 aromatic rings. The highest BCUT2D eigenvalue weighted by Crippen LogP contribution is 2.44. The van der Waals surface area contributed by atoms with Crippen LogP contribution in [0, 0.1) is 5.41 Å². The van der Waals surface area contributed by atoms with Gasteiger partial charge in [0.1, 0.15) is 0 Å². The molecule has 0 spiro atoms. The van der Waals surface area contributed by atoms with Crippen LogP contribution in [0.3, 0.4) is 0 Å². The molecule has 1 saturated heterocycles. The summed E-state index contributed by atoms with van der Waals surface area (Å²) < 4.78 is 20.6. The van der Waals surface area contributed by atoms with Crippen molar-refractivity contribution < 1.29 is 13.3 Å². The van der Waals surface area contributed by atoms with Crippen molar-refractivity contribution in [2.45, 2.75) is 13.8 Å². The molecule has 0 aliphatic carbocycles. The van der Waals surface area contributed by atoms with Crippen LogP contribution in [-0.4, -0.2) is 17.4 Å². The summed E-state index contributed by atoms with van der Waals surface area (Å²) in [7, 11) is -1.11. The van der Waals surface area contributed by atoms with Crippen molar-refractivity contribution >= 4 is 18.9 Å². The Morgan fingerprint density at radius 1 is 1.40 bits per heavy atom. The summed E-state index contributed by atoms with van der Waals surface area (Å²) in [6.07, 6.45) is 0. The maximum Gasteiger partial charge on any atom is 0.267 e. The van der Waals surface area contributed by atoms with E-state index in [0.29, 0.717) is 13.2 Å². The zero-order valence-electron chi connectivity index (χ0n) is 6.03. The van der Waals surface area contributed by atoms with Crippen LogP contribution in [0.2, 0.25) is 0 Å². The van der Waals surface area contributed by atoms with E-state index in [0.717, 1.165) is 0 Å². The smallest absolute Gasteiger partial charge is 0.267 e. The van der Waals surface area contributed by atoms with Gasteiger partial charge in [-0.3, -0.25) is 4.21 Å². The second-order valence-electron chi connectivity index (χ2n) is 3.03. The van der Waals surface area contributed by atoms with Gasteiger partial charge in [0, 0.05) is 5.41 Å². The summed E-state index contributed by atoms with van der Waals surface area (Å²) in [5.41, 5.74) is 0.0868. The van der Waals surface area contributed by atoms with Crippen molar-refractivity contribution in [3.8, 4) is 0 Å². The predicted molar refractivity (Wildman–Crippen MR) is 42.1 cm³/mol. The topological polar surface area (TPSA) is 35.5 Å². The van der Waals surface area contributed by atoms with Crippen LogP contribution in [0.4, 0.5) is 0 Å². The monoisotopic (exact) mass is 182 g/mol. The second-order valence-corrected chi connectivity index (χ2v) is 5.66. The minimum atomic E-state index is -1.11. The standard InChI is InChI=1S/C5H11O3PS/c1-5(2)3-7-9(10-6)8-4-5/h10H,3-4H2,1-2H3. The average Bonchev–Trinajstić information content (AvgIpc) is 1.88. The maximum absolute atomic E-state index is 10.2. The van der Waals surface area contributed by atoms with Crippen LogP contribution in [0.1, 0.15) is 13.8 Å². The molecule has 0 saturated carbocycles. The quantitative estimate of drug-likeness (QED) is 0.489. The summed E-state index contributed by atoms with van der Waals surface area (Å²) in [5.74, 6) is 0. The first kappa shape index (κ1) is 8.60. The molecule has 0 amide bonds. The maximum atomic E-state index is 10.2. The SMILES string of the molecule is CC1(C)COP([SH]=O)OC1. The van der Waals surface area contributed by atoms with E-state index >= 15 is 0 Å². The van der Waals surface area contributed by atoms with E-state index < -0.39 is 7.58 Å². The zero-order valence-corrected chi connectivity index (χ0v) is 7.82. The number of hydrogen-bond acceptors (Lipinski definition) is 3. The predicted octanol–water partition coefficient (Wildman–Crippen LogP) is 1.23. The number of thiol groups is 1. The summed E-state index contributed by atoms with van der Waals surface area (Å²) >= 11 is -0.0149. The van der Waals surface area contributed by atoms with E-state index in [9.17, 15) is 4.21 Å². The van der Waals surface area contributed by atoms with E-state index in [1.165, 1.54) is 0 Å². The van der Waals surface area contributed by atoms with Crippen molar-refractivity contribution in [1.29, 1.82) is 0 Å². The van der Waals surface area contributed by atoms with Gasteiger partial charge in [0.2, 0.25) is 0 Å². The molecule has 0 aromatic heterocycles. The van der Waals surface area contributed by atoms with E-state index in [1.807, 2.05) is 0 Å². The Hall–Kier alpha value is 0.500. The third kappa shape index (κ3) is 2.27. The van der Waals surface area contributed by atoms with E-state index in [2.05, 4.69) is 13.8 Å². The Morgan fingerprint density at radius 2 is 1.90 bits per heavy atom. The Labute approximate surface area is 65.2 Å². The Balaban J connectivity index is 2.38. The summed E-state index contributed by atoms with van der Waals surface area (Å²) in [6.45, 7) is 5.41. The molecule has 1 aliphatic heterocycles. The summed E-state index contributed by atoms with van der Waals surface area (Å²) in [4.78, 5) is 0. The number of rotatable bonds is 1. The van der Waals surface area contributed by atoms with Crippen LogP contribution in [-0.2, 0) is 20.3 Å². The van der Waals surface area contributed by atoms with Crippen molar-refractivity contribution in [3.63, 3.8) is 0 Å². The highest BCUT2D eigenvalue weighted by Gasteiger charge is 2.28. The van der Waals surface area contributed by atoms with Gasteiger partial charge >= 0.3 is 0 Å². The van der Waals surface area contributed by atoms with Crippen LogP contribution in [0.25, 0.3) is 0 Å².